The van der Waals surface area contributed by atoms with E-state index in [1.165, 1.54) is 24.3 Å². The first kappa shape index (κ1) is 16.7. The molecule has 1 aliphatic heterocycles. The number of fused-ring (bicyclic) bond motifs is 1. The summed E-state index contributed by atoms with van der Waals surface area (Å²) in [4.78, 5) is 41.1. The Bertz CT molecular complexity index is 973. The fraction of sp³-hybridized carbons (Fsp3) is 0.235. The molecule has 3 rings (SSSR count). The molecular formula is C17H16FN3O4. The quantitative estimate of drug-likeness (QED) is 0.733. The number of rotatable bonds is 3. The number of allylic oxidation sites excluding steroid dienone is 1. The summed E-state index contributed by atoms with van der Waals surface area (Å²) in [5.74, 6) is -1.62. The van der Waals surface area contributed by atoms with E-state index in [9.17, 15) is 18.8 Å². The third-order valence-electron chi connectivity index (χ3n) is 3.97. The highest BCUT2D eigenvalue weighted by Gasteiger charge is 2.35. The van der Waals surface area contributed by atoms with E-state index in [0.717, 1.165) is 0 Å². The first-order valence-corrected chi connectivity index (χ1v) is 7.69. The van der Waals surface area contributed by atoms with Gasteiger partial charge < -0.3 is 10.1 Å². The maximum absolute atomic E-state index is 13.3. The second kappa shape index (κ2) is 6.39. The van der Waals surface area contributed by atoms with Crippen molar-refractivity contribution in [3.05, 3.63) is 73.3 Å². The van der Waals surface area contributed by atoms with E-state index in [4.69, 9.17) is 4.74 Å². The average Bonchev–Trinajstić information content (AvgIpc) is 2.54. The Hall–Kier alpha value is -3.16. The van der Waals surface area contributed by atoms with Crippen molar-refractivity contribution < 1.29 is 13.9 Å². The maximum Gasteiger partial charge on any atom is 0.336 e. The average molecular weight is 345 g/mol. The van der Waals surface area contributed by atoms with Crippen LogP contribution in [0.15, 0.2) is 45.1 Å². The molecule has 0 amide bonds. The highest BCUT2D eigenvalue weighted by atomic mass is 19.1. The molecule has 3 N–H and O–H groups in total. The van der Waals surface area contributed by atoms with Crippen molar-refractivity contribution in [1.82, 2.24) is 9.97 Å². The number of carbonyl (C=O) groups is 1. The molecule has 2 aromatic rings. The van der Waals surface area contributed by atoms with E-state index in [1.807, 2.05) is 0 Å². The first-order valence-electron chi connectivity index (χ1n) is 7.69. The van der Waals surface area contributed by atoms with Gasteiger partial charge in [-0.1, -0.05) is 12.1 Å². The normalized spacial score (nSPS) is 16.2. The summed E-state index contributed by atoms with van der Waals surface area (Å²) >= 11 is 0. The Labute approximate surface area is 141 Å². The molecule has 0 aliphatic carbocycles. The van der Waals surface area contributed by atoms with Gasteiger partial charge in [0.05, 0.1) is 23.7 Å². The maximum atomic E-state index is 13.3. The number of aromatic amines is 2. The highest BCUT2D eigenvalue weighted by Crippen LogP contribution is 2.39. The van der Waals surface area contributed by atoms with Crippen LogP contribution in [-0.2, 0) is 9.53 Å². The molecule has 0 radical (unpaired) electrons. The smallest absolute Gasteiger partial charge is 0.336 e. The molecule has 0 saturated carbocycles. The van der Waals surface area contributed by atoms with Crippen LogP contribution in [0.1, 0.15) is 30.9 Å². The number of halogens is 1. The van der Waals surface area contributed by atoms with Gasteiger partial charge in [-0.25, -0.2) is 14.0 Å². The molecule has 1 aromatic carbocycles. The molecule has 1 atom stereocenters. The molecular weight excluding hydrogens is 329 g/mol. The Morgan fingerprint density at radius 2 is 1.88 bits per heavy atom. The number of esters is 1. The highest BCUT2D eigenvalue weighted by molar-refractivity contribution is 5.94. The molecule has 8 heteroatoms. The van der Waals surface area contributed by atoms with E-state index in [1.54, 1.807) is 13.8 Å². The van der Waals surface area contributed by atoms with Crippen LogP contribution in [0.4, 0.5) is 10.2 Å². The largest absolute Gasteiger partial charge is 0.463 e. The molecule has 130 valence electrons. The first-order chi connectivity index (χ1) is 11.9. The Morgan fingerprint density at radius 3 is 2.52 bits per heavy atom. The Balaban J connectivity index is 2.27. The molecule has 7 nitrogen and oxygen atoms in total. The lowest BCUT2D eigenvalue weighted by molar-refractivity contribution is -0.138. The molecule has 0 saturated heterocycles. The van der Waals surface area contributed by atoms with Gasteiger partial charge in [0.2, 0.25) is 0 Å². The third-order valence-corrected chi connectivity index (χ3v) is 3.97. The minimum Gasteiger partial charge on any atom is -0.463 e. The molecule has 0 spiro atoms. The van der Waals surface area contributed by atoms with Gasteiger partial charge in [0.25, 0.3) is 5.56 Å². The Kier molecular flexibility index (Phi) is 4.26. The zero-order chi connectivity index (χ0) is 18.1. The molecule has 0 fully saturated rings. The lowest BCUT2D eigenvalue weighted by atomic mass is 9.82. The van der Waals surface area contributed by atoms with Crippen LogP contribution in [0.5, 0.6) is 0 Å². The number of hydrogen-bond donors (Lipinski definition) is 3. The Morgan fingerprint density at radius 1 is 1.20 bits per heavy atom. The summed E-state index contributed by atoms with van der Waals surface area (Å²) in [6.45, 7) is 3.49. The predicted molar refractivity (Wildman–Crippen MR) is 88.9 cm³/mol. The second-order valence-electron chi connectivity index (χ2n) is 5.57. The minimum atomic E-state index is -0.795. The molecule has 1 aliphatic rings. The standard InChI is InChI=1S/C17H16FN3O4/c1-3-25-16(23)11-8(2)19-14-13(15(22)21-17(24)20-14)12(11)9-4-6-10(18)7-5-9/h4-7,12H,3H2,1-2H3,(H3,19,20,21,22,24). The number of hydrogen-bond acceptors (Lipinski definition) is 5. The summed E-state index contributed by atoms with van der Waals surface area (Å²) in [7, 11) is 0. The van der Waals surface area contributed by atoms with Crippen molar-refractivity contribution in [3.8, 4) is 0 Å². The van der Waals surface area contributed by atoms with Crippen LogP contribution in [-0.4, -0.2) is 22.5 Å². The number of carbonyl (C=O) groups excluding carboxylic acids is 1. The van der Waals surface area contributed by atoms with Crippen LogP contribution < -0.4 is 16.6 Å². The van der Waals surface area contributed by atoms with Crippen molar-refractivity contribution in [2.45, 2.75) is 19.8 Å². The zero-order valence-corrected chi connectivity index (χ0v) is 13.6. The number of ether oxygens (including phenoxy) is 1. The van der Waals surface area contributed by atoms with E-state index in [-0.39, 0.29) is 23.6 Å². The number of H-pyrrole nitrogens is 2. The van der Waals surface area contributed by atoms with Crippen LogP contribution >= 0.6 is 0 Å². The summed E-state index contributed by atoms with van der Waals surface area (Å²) < 4.78 is 18.4. The fourth-order valence-corrected chi connectivity index (χ4v) is 2.95. The van der Waals surface area contributed by atoms with Crippen LogP contribution in [0.25, 0.3) is 0 Å². The predicted octanol–water partition coefficient (Wildman–Crippen LogP) is 1.60. The van der Waals surface area contributed by atoms with Gasteiger partial charge >= 0.3 is 11.7 Å². The van der Waals surface area contributed by atoms with Gasteiger partial charge in [-0.15, -0.1) is 0 Å². The lowest BCUT2D eigenvalue weighted by Crippen LogP contribution is -2.35. The van der Waals surface area contributed by atoms with E-state index >= 15 is 0 Å². The van der Waals surface area contributed by atoms with Crippen LogP contribution in [0.2, 0.25) is 0 Å². The summed E-state index contributed by atoms with van der Waals surface area (Å²) in [6.07, 6.45) is 0. The third kappa shape index (κ3) is 2.98. The van der Waals surface area contributed by atoms with Gasteiger partial charge in [-0.3, -0.25) is 14.8 Å². The second-order valence-corrected chi connectivity index (χ2v) is 5.57. The van der Waals surface area contributed by atoms with E-state index in [0.29, 0.717) is 11.3 Å². The van der Waals surface area contributed by atoms with Crippen molar-refractivity contribution in [2.75, 3.05) is 11.9 Å². The minimum absolute atomic E-state index is 0.167. The van der Waals surface area contributed by atoms with Crippen molar-refractivity contribution in [1.29, 1.82) is 0 Å². The van der Waals surface area contributed by atoms with E-state index < -0.39 is 29.0 Å². The number of benzene rings is 1. The van der Waals surface area contributed by atoms with E-state index in [2.05, 4.69) is 15.3 Å². The molecule has 2 heterocycles. The van der Waals surface area contributed by atoms with Gasteiger partial charge in [-0.2, -0.15) is 0 Å². The molecule has 1 unspecified atom stereocenters. The number of anilines is 1. The topological polar surface area (TPSA) is 104 Å². The molecule has 0 bridgehead atoms. The monoisotopic (exact) mass is 345 g/mol. The summed E-state index contributed by atoms with van der Waals surface area (Å²) in [5, 5.41) is 2.87. The van der Waals surface area contributed by atoms with Crippen LogP contribution in [0.3, 0.4) is 0 Å². The van der Waals surface area contributed by atoms with Gasteiger partial charge in [0.15, 0.2) is 0 Å². The lowest BCUT2D eigenvalue weighted by Gasteiger charge is -2.28. The molecule has 25 heavy (non-hydrogen) atoms. The number of aromatic nitrogens is 2. The van der Waals surface area contributed by atoms with Crippen molar-refractivity contribution >= 4 is 11.8 Å². The van der Waals surface area contributed by atoms with Gasteiger partial charge in [-0.05, 0) is 31.5 Å². The number of nitrogens with one attached hydrogen (secondary N) is 3. The molecule has 1 aromatic heterocycles. The van der Waals surface area contributed by atoms with Gasteiger partial charge in [0.1, 0.15) is 11.6 Å². The SMILES string of the molecule is CCOC(=O)C1=C(C)Nc2[nH]c(=O)[nH]c(=O)c2C1c1ccc(F)cc1. The van der Waals surface area contributed by atoms with Crippen molar-refractivity contribution in [3.63, 3.8) is 0 Å². The van der Waals surface area contributed by atoms with Crippen LogP contribution in [0, 0.1) is 5.82 Å². The zero-order valence-electron chi connectivity index (χ0n) is 13.6. The fourth-order valence-electron chi connectivity index (χ4n) is 2.95. The van der Waals surface area contributed by atoms with Gasteiger partial charge in [0, 0.05) is 5.70 Å². The summed E-state index contributed by atoms with van der Waals surface area (Å²) in [6, 6.07) is 5.47. The summed E-state index contributed by atoms with van der Waals surface area (Å²) in [5.41, 5.74) is 0.0837. The van der Waals surface area contributed by atoms with Crippen molar-refractivity contribution in [2.24, 2.45) is 0 Å².